The van der Waals surface area contributed by atoms with Gasteiger partial charge in [0.1, 0.15) is 0 Å². The molecule has 1 nitrogen and oxygen atoms in total. The summed E-state index contributed by atoms with van der Waals surface area (Å²) in [6.07, 6.45) is 0. The first-order valence-electron chi connectivity index (χ1n) is 3.97. The highest BCUT2D eigenvalue weighted by Crippen LogP contribution is 2.23. The highest BCUT2D eigenvalue weighted by atomic mass is 32.2. The fourth-order valence-electron chi connectivity index (χ4n) is 1.36. The molecule has 1 saturated heterocycles. The van der Waals surface area contributed by atoms with Crippen molar-refractivity contribution in [2.24, 2.45) is 0 Å². The summed E-state index contributed by atoms with van der Waals surface area (Å²) >= 11 is 2.04. The molecule has 0 spiro atoms. The Labute approximate surface area is 71.2 Å². The zero-order valence-corrected chi connectivity index (χ0v) is 7.18. The SMILES string of the molecule is c1ccc([C@@H]2[NH2+]CCS2)cc1. The summed E-state index contributed by atoms with van der Waals surface area (Å²) in [5.74, 6) is 1.29. The van der Waals surface area contributed by atoms with Gasteiger partial charge in [0.15, 0.2) is 5.37 Å². The summed E-state index contributed by atoms with van der Waals surface area (Å²) < 4.78 is 0. The molecule has 0 bridgehead atoms. The number of benzene rings is 1. The van der Waals surface area contributed by atoms with E-state index >= 15 is 0 Å². The average molecular weight is 166 g/mol. The number of rotatable bonds is 1. The molecule has 2 N–H and O–H groups in total. The normalized spacial score (nSPS) is 23.8. The van der Waals surface area contributed by atoms with E-state index in [0.717, 1.165) is 0 Å². The van der Waals surface area contributed by atoms with Gasteiger partial charge in [0.05, 0.1) is 6.54 Å². The minimum absolute atomic E-state index is 0.663. The lowest BCUT2D eigenvalue weighted by molar-refractivity contribution is -0.663. The first kappa shape index (κ1) is 7.19. The molecule has 11 heavy (non-hydrogen) atoms. The van der Waals surface area contributed by atoms with Crippen molar-refractivity contribution in [3.8, 4) is 0 Å². The topological polar surface area (TPSA) is 16.6 Å². The Morgan fingerprint density at radius 1 is 1.27 bits per heavy atom. The Kier molecular flexibility index (Phi) is 2.15. The summed E-state index contributed by atoms with van der Waals surface area (Å²) in [6, 6.07) is 10.7. The molecule has 1 aromatic rings. The van der Waals surface area contributed by atoms with Crippen molar-refractivity contribution in [1.82, 2.24) is 0 Å². The Bertz CT molecular complexity index is 216. The van der Waals surface area contributed by atoms with Crippen LogP contribution < -0.4 is 5.32 Å². The Morgan fingerprint density at radius 2 is 2.09 bits per heavy atom. The molecule has 2 rings (SSSR count). The minimum Gasteiger partial charge on any atom is -0.331 e. The monoisotopic (exact) mass is 166 g/mol. The number of hydrogen-bond donors (Lipinski definition) is 1. The summed E-state index contributed by atoms with van der Waals surface area (Å²) in [4.78, 5) is 0. The second kappa shape index (κ2) is 3.28. The van der Waals surface area contributed by atoms with Gasteiger partial charge < -0.3 is 5.32 Å². The average Bonchev–Trinajstić information content (AvgIpc) is 2.58. The fourth-order valence-corrected chi connectivity index (χ4v) is 2.51. The molecule has 1 heterocycles. The first-order valence-corrected chi connectivity index (χ1v) is 5.01. The molecule has 1 aromatic carbocycles. The minimum atomic E-state index is 0.663. The van der Waals surface area contributed by atoms with Gasteiger partial charge in [-0.1, -0.05) is 42.1 Å². The van der Waals surface area contributed by atoms with Crippen LogP contribution in [-0.2, 0) is 0 Å². The molecule has 0 amide bonds. The second-order valence-electron chi connectivity index (χ2n) is 2.73. The summed E-state index contributed by atoms with van der Waals surface area (Å²) in [5, 5.41) is 3.07. The number of nitrogens with two attached hydrogens (primary N) is 1. The molecule has 0 radical (unpaired) electrons. The number of quaternary nitrogens is 1. The Morgan fingerprint density at radius 3 is 2.73 bits per heavy atom. The smallest absolute Gasteiger partial charge is 0.159 e. The second-order valence-corrected chi connectivity index (χ2v) is 3.98. The lowest BCUT2D eigenvalue weighted by Crippen LogP contribution is -2.81. The number of hydrogen-bond acceptors (Lipinski definition) is 1. The third-order valence-electron chi connectivity index (χ3n) is 1.92. The van der Waals surface area contributed by atoms with Crippen LogP contribution in [-0.4, -0.2) is 12.3 Å². The maximum Gasteiger partial charge on any atom is 0.159 e. The molecule has 1 aliphatic heterocycles. The highest BCUT2D eigenvalue weighted by Gasteiger charge is 2.19. The van der Waals surface area contributed by atoms with Crippen molar-refractivity contribution in [1.29, 1.82) is 0 Å². The van der Waals surface area contributed by atoms with Crippen molar-refractivity contribution < 1.29 is 5.32 Å². The summed E-state index contributed by atoms with van der Waals surface area (Å²) in [6.45, 7) is 1.27. The Hall–Kier alpha value is -0.470. The molecule has 0 unspecified atom stereocenters. The van der Waals surface area contributed by atoms with Crippen molar-refractivity contribution in [2.45, 2.75) is 5.37 Å². The summed E-state index contributed by atoms with van der Waals surface area (Å²) in [5.41, 5.74) is 1.45. The number of thioether (sulfide) groups is 1. The van der Waals surface area contributed by atoms with Gasteiger partial charge in [0, 0.05) is 11.3 Å². The molecule has 0 aromatic heterocycles. The van der Waals surface area contributed by atoms with Gasteiger partial charge in [-0.3, -0.25) is 0 Å². The van der Waals surface area contributed by atoms with E-state index in [2.05, 4.69) is 35.6 Å². The van der Waals surface area contributed by atoms with Crippen LogP contribution in [0.5, 0.6) is 0 Å². The van der Waals surface area contributed by atoms with Crippen molar-refractivity contribution in [3.05, 3.63) is 35.9 Å². The zero-order valence-electron chi connectivity index (χ0n) is 6.36. The molecule has 2 heteroatoms. The third-order valence-corrected chi connectivity index (χ3v) is 3.22. The van der Waals surface area contributed by atoms with Crippen LogP contribution in [0.1, 0.15) is 10.9 Å². The van der Waals surface area contributed by atoms with Crippen molar-refractivity contribution >= 4 is 11.8 Å². The van der Waals surface area contributed by atoms with Gasteiger partial charge in [0.25, 0.3) is 0 Å². The van der Waals surface area contributed by atoms with E-state index in [1.54, 1.807) is 0 Å². The van der Waals surface area contributed by atoms with E-state index in [0.29, 0.717) is 5.37 Å². The van der Waals surface area contributed by atoms with Crippen LogP contribution in [0.2, 0.25) is 0 Å². The van der Waals surface area contributed by atoms with Gasteiger partial charge >= 0.3 is 0 Å². The third kappa shape index (κ3) is 1.57. The summed E-state index contributed by atoms with van der Waals surface area (Å²) in [7, 11) is 0. The van der Waals surface area contributed by atoms with Gasteiger partial charge in [0.2, 0.25) is 0 Å². The standard InChI is InChI=1S/C9H11NS/c1-2-4-8(5-3-1)9-10-6-7-11-9/h1-5,9-10H,6-7H2/p+1/t9-/m1/s1. The molecule has 1 aliphatic rings. The van der Waals surface area contributed by atoms with Gasteiger partial charge in [-0.15, -0.1) is 0 Å². The lowest BCUT2D eigenvalue weighted by atomic mass is 10.2. The molecule has 0 aliphatic carbocycles. The largest absolute Gasteiger partial charge is 0.331 e. The van der Waals surface area contributed by atoms with Crippen LogP contribution in [0, 0.1) is 0 Å². The first-order chi connectivity index (χ1) is 5.47. The molecular formula is C9H12NS+. The quantitative estimate of drug-likeness (QED) is 0.658. The van der Waals surface area contributed by atoms with E-state index in [-0.39, 0.29) is 0 Å². The van der Waals surface area contributed by atoms with E-state index < -0.39 is 0 Å². The van der Waals surface area contributed by atoms with Crippen molar-refractivity contribution in [3.63, 3.8) is 0 Å². The van der Waals surface area contributed by atoms with Crippen LogP contribution in [0.25, 0.3) is 0 Å². The fraction of sp³-hybridized carbons (Fsp3) is 0.333. The van der Waals surface area contributed by atoms with E-state index in [1.165, 1.54) is 17.9 Å². The predicted octanol–water partition coefficient (Wildman–Crippen LogP) is 0.995. The Balaban J connectivity index is 2.16. The molecule has 0 saturated carbocycles. The van der Waals surface area contributed by atoms with Crippen LogP contribution >= 0.6 is 11.8 Å². The highest BCUT2D eigenvalue weighted by molar-refractivity contribution is 7.99. The van der Waals surface area contributed by atoms with Crippen molar-refractivity contribution in [2.75, 3.05) is 12.3 Å². The van der Waals surface area contributed by atoms with E-state index in [4.69, 9.17) is 0 Å². The van der Waals surface area contributed by atoms with Crippen LogP contribution in [0.3, 0.4) is 0 Å². The van der Waals surface area contributed by atoms with Crippen LogP contribution in [0.4, 0.5) is 0 Å². The molecule has 1 atom stereocenters. The predicted molar refractivity (Wildman–Crippen MR) is 48.4 cm³/mol. The zero-order chi connectivity index (χ0) is 7.52. The molecule has 58 valence electrons. The van der Waals surface area contributed by atoms with Gasteiger partial charge in [-0.25, -0.2) is 0 Å². The maximum absolute atomic E-state index is 2.40. The maximum atomic E-state index is 2.40. The van der Waals surface area contributed by atoms with Gasteiger partial charge in [-0.2, -0.15) is 0 Å². The van der Waals surface area contributed by atoms with Crippen LogP contribution in [0.15, 0.2) is 30.3 Å². The molecular weight excluding hydrogens is 154 g/mol. The van der Waals surface area contributed by atoms with E-state index in [1.807, 2.05) is 11.8 Å². The lowest BCUT2D eigenvalue weighted by Gasteiger charge is -2.04. The van der Waals surface area contributed by atoms with Gasteiger partial charge in [-0.05, 0) is 0 Å². The molecule has 1 fully saturated rings. The van der Waals surface area contributed by atoms with E-state index in [9.17, 15) is 0 Å².